The standard InChI is InChI=1S/C15H18N2O/c1-2-5-14(16)15(18)17-13-9-8-11-6-3-4-7-12(11)10-13/h1,3-4,6-7,13-14H,5,8-10,16H2,(H,17,18). The molecule has 2 atom stereocenters. The highest BCUT2D eigenvalue weighted by Gasteiger charge is 2.21. The molecule has 0 aliphatic heterocycles. The van der Waals surface area contributed by atoms with E-state index in [1.54, 1.807) is 0 Å². The molecule has 1 aromatic rings. The van der Waals surface area contributed by atoms with Crippen molar-refractivity contribution in [2.45, 2.75) is 37.8 Å². The molecule has 18 heavy (non-hydrogen) atoms. The minimum absolute atomic E-state index is 0.141. The number of carbonyl (C=O) groups excluding carboxylic acids is 1. The van der Waals surface area contributed by atoms with Crippen molar-refractivity contribution >= 4 is 5.91 Å². The maximum Gasteiger partial charge on any atom is 0.238 e. The second kappa shape index (κ2) is 5.70. The molecule has 0 aromatic heterocycles. The molecule has 2 rings (SSSR count). The van der Waals surface area contributed by atoms with Crippen LogP contribution in [0.5, 0.6) is 0 Å². The Hall–Kier alpha value is -1.79. The third kappa shape index (κ3) is 2.91. The average Bonchev–Trinajstić information content (AvgIpc) is 2.39. The number of nitrogens with two attached hydrogens (primary N) is 1. The molecule has 1 aliphatic rings. The molecule has 0 spiro atoms. The maximum absolute atomic E-state index is 11.8. The van der Waals surface area contributed by atoms with Crippen LogP contribution in [-0.4, -0.2) is 18.0 Å². The molecule has 0 radical (unpaired) electrons. The SMILES string of the molecule is C#CCC(N)C(=O)NC1CCc2ccccc2C1. The van der Waals surface area contributed by atoms with Crippen LogP contribution in [-0.2, 0) is 17.6 Å². The van der Waals surface area contributed by atoms with E-state index in [0.717, 1.165) is 19.3 Å². The fourth-order valence-corrected chi connectivity index (χ4v) is 2.35. The number of aryl methyl sites for hydroxylation is 1. The summed E-state index contributed by atoms with van der Waals surface area (Å²) in [5, 5.41) is 2.98. The lowest BCUT2D eigenvalue weighted by Gasteiger charge is -2.26. The molecule has 0 heterocycles. The molecule has 2 unspecified atom stereocenters. The minimum Gasteiger partial charge on any atom is -0.352 e. The van der Waals surface area contributed by atoms with Crippen molar-refractivity contribution in [1.29, 1.82) is 0 Å². The number of nitrogens with one attached hydrogen (secondary N) is 1. The van der Waals surface area contributed by atoms with Gasteiger partial charge in [0.25, 0.3) is 0 Å². The molecule has 1 aromatic carbocycles. The quantitative estimate of drug-likeness (QED) is 0.777. The Labute approximate surface area is 108 Å². The van der Waals surface area contributed by atoms with E-state index in [0.29, 0.717) is 0 Å². The molecule has 94 valence electrons. The van der Waals surface area contributed by atoms with Gasteiger partial charge >= 0.3 is 0 Å². The molecular formula is C15H18N2O. The summed E-state index contributed by atoms with van der Waals surface area (Å²) in [5.41, 5.74) is 8.39. The van der Waals surface area contributed by atoms with Gasteiger partial charge in [-0.1, -0.05) is 24.3 Å². The van der Waals surface area contributed by atoms with Crippen molar-refractivity contribution in [2.24, 2.45) is 5.73 Å². The lowest BCUT2D eigenvalue weighted by atomic mass is 9.88. The Bertz CT molecular complexity index is 476. The summed E-state index contributed by atoms with van der Waals surface area (Å²) in [6, 6.07) is 7.95. The molecule has 3 N–H and O–H groups in total. The van der Waals surface area contributed by atoms with Crippen LogP contribution >= 0.6 is 0 Å². The Balaban J connectivity index is 1.94. The first-order chi connectivity index (χ1) is 8.70. The summed E-state index contributed by atoms with van der Waals surface area (Å²) >= 11 is 0. The normalized spacial score (nSPS) is 19.4. The van der Waals surface area contributed by atoms with Crippen LogP contribution in [0, 0.1) is 12.3 Å². The van der Waals surface area contributed by atoms with Gasteiger partial charge in [-0.25, -0.2) is 0 Å². The van der Waals surface area contributed by atoms with Crippen molar-refractivity contribution in [3.05, 3.63) is 35.4 Å². The van der Waals surface area contributed by atoms with Gasteiger partial charge in [0.05, 0.1) is 6.04 Å². The second-order valence-corrected chi connectivity index (χ2v) is 4.73. The van der Waals surface area contributed by atoms with Crippen LogP contribution in [0.3, 0.4) is 0 Å². The first kappa shape index (κ1) is 12.7. The van der Waals surface area contributed by atoms with Crippen LogP contribution < -0.4 is 11.1 Å². The first-order valence-electron chi connectivity index (χ1n) is 6.27. The van der Waals surface area contributed by atoms with E-state index in [4.69, 9.17) is 12.2 Å². The summed E-state index contributed by atoms with van der Waals surface area (Å²) in [5.74, 6) is 2.27. The van der Waals surface area contributed by atoms with Crippen LogP contribution in [0.25, 0.3) is 0 Å². The van der Waals surface area contributed by atoms with E-state index in [9.17, 15) is 4.79 Å². The van der Waals surface area contributed by atoms with E-state index >= 15 is 0 Å². The van der Waals surface area contributed by atoms with Gasteiger partial charge < -0.3 is 11.1 Å². The molecule has 0 saturated heterocycles. The predicted molar refractivity (Wildman–Crippen MR) is 71.8 cm³/mol. The van der Waals surface area contributed by atoms with E-state index in [1.165, 1.54) is 11.1 Å². The number of benzene rings is 1. The summed E-state index contributed by atoms with van der Waals surface area (Å²) in [4.78, 5) is 11.8. The highest BCUT2D eigenvalue weighted by atomic mass is 16.2. The smallest absolute Gasteiger partial charge is 0.238 e. The summed E-state index contributed by atoms with van der Waals surface area (Å²) in [6.45, 7) is 0. The van der Waals surface area contributed by atoms with E-state index < -0.39 is 6.04 Å². The lowest BCUT2D eigenvalue weighted by Crippen LogP contribution is -2.47. The Morgan fingerprint density at radius 3 is 2.94 bits per heavy atom. The Morgan fingerprint density at radius 1 is 1.50 bits per heavy atom. The number of amides is 1. The van der Waals surface area contributed by atoms with Crippen LogP contribution in [0.1, 0.15) is 24.0 Å². The first-order valence-corrected chi connectivity index (χ1v) is 6.27. The van der Waals surface area contributed by atoms with Gasteiger partial charge in [0, 0.05) is 12.5 Å². The summed E-state index contributed by atoms with van der Waals surface area (Å²) in [6.07, 6.45) is 8.29. The Kier molecular flexibility index (Phi) is 4.01. The van der Waals surface area contributed by atoms with Crippen molar-refractivity contribution in [2.75, 3.05) is 0 Å². The number of hydrogen-bond acceptors (Lipinski definition) is 2. The van der Waals surface area contributed by atoms with E-state index in [1.807, 2.05) is 6.07 Å². The Morgan fingerprint density at radius 2 is 2.22 bits per heavy atom. The molecule has 1 aliphatic carbocycles. The van der Waals surface area contributed by atoms with Gasteiger partial charge in [-0.15, -0.1) is 12.3 Å². The lowest BCUT2D eigenvalue weighted by molar-refractivity contribution is -0.123. The van der Waals surface area contributed by atoms with Gasteiger partial charge in [-0.2, -0.15) is 0 Å². The predicted octanol–water partition coefficient (Wildman–Crippen LogP) is 1.01. The number of terminal acetylenes is 1. The highest BCUT2D eigenvalue weighted by Crippen LogP contribution is 2.20. The monoisotopic (exact) mass is 242 g/mol. The largest absolute Gasteiger partial charge is 0.352 e. The van der Waals surface area contributed by atoms with Crippen molar-refractivity contribution < 1.29 is 4.79 Å². The van der Waals surface area contributed by atoms with Crippen molar-refractivity contribution in [1.82, 2.24) is 5.32 Å². The number of fused-ring (bicyclic) bond motifs is 1. The summed E-state index contributed by atoms with van der Waals surface area (Å²) < 4.78 is 0. The maximum atomic E-state index is 11.8. The van der Waals surface area contributed by atoms with Gasteiger partial charge in [0.15, 0.2) is 0 Å². The van der Waals surface area contributed by atoms with Gasteiger partial charge in [-0.3, -0.25) is 4.79 Å². The minimum atomic E-state index is -0.591. The van der Waals surface area contributed by atoms with Gasteiger partial charge in [-0.05, 0) is 30.4 Å². The molecule has 1 amide bonds. The molecule has 0 bridgehead atoms. The summed E-state index contributed by atoms with van der Waals surface area (Å²) in [7, 11) is 0. The van der Waals surface area contributed by atoms with Gasteiger partial charge in [0.1, 0.15) is 0 Å². The van der Waals surface area contributed by atoms with Crippen LogP contribution in [0.4, 0.5) is 0 Å². The van der Waals surface area contributed by atoms with Crippen molar-refractivity contribution in [3.63, 3.8) is 0 Å². The molecule has 0 fully saturated rings. The zero-order valence-corrected chi connectivity index (χ0v) is 10.4. The van der Waals surface area contributed by atoms with Crippen LogP contribution in [0.15, 0.2) is 24.3 Å². The second-order valence-electron chi connectivity index (χ2n) is 4.73. The van der Waals surface area contributed by atoms with Crippen LogP contribution in [0.2, 0.25) is 0 Å². The number of carbonyl (C=O) groups is 1. The zero-order chi connectivity index (χ0) is 13.0. The van der Waals surface area contributed by atoms with E-state index in [-0.39, 0.29) is 18.4 Å². The topological polar surface area (TPSA) is 55.1 Å². The molecule has 3 nitrogen and oxygen atoms in total. The zero-order valence-electron chi connectivity index (χ0n) is 10.4. The molecule has 3 heteroatoms. The fourth-order valence-electron chi connectivity index (χ4n) is 2.35. The van der Waals surface area contributed by atoms with Gasteiger partial charge in [0.2, 0.25) is 5.91 Å². The number of rotatable bonds is 3. The fraction of sp³-hybridized carbons (Fsp3) is 0.400. The highest BCUT2D eigenvalue weighted by molar-refractivity contribution is 5.82. The van der Waals surface area contributed by atoms with E-state index in [2.05, 4.69) is 29.4 Å². The molecule has 0 saturated carbocycles. The third-order valence-electron chi connectivity index (χ3n) is 3.37. The van der Waals surface area contributed by atoms with Crippen molar-refractivity contribution in [3.8, 4) is 12.3 Å². The number of hydrogen-bond donors (Lipinski definition) is 2. The average molecular weight is 242 g/mol. The third-order valence-corrected chi connectivity index (χ3v) is 3.37. The molecular weight excluding hydrogens is 224 g/mol.